The first-order valence-electron chi connectivity index (χ1n) is 9.59. The van der Waals surface area contributed by atoms with Crippen molar-refractivity contribution in [1.82, 2.24) is 15.3 Å². The van der Waals surface area contributed by atoms with Crippen LogP contribution in [0.3, 0.4) is 0 Å². The van der Waals surface area contributed by atoms with Gasteiger partial charge in [-0.25, -0.2) is 0 Å². The molecule has 2 N–H and O–H groups in total. The zero-order valence-corrected chi connectivity index (χ0v) is 16.8. The van der Waals surface area contributed by atoms with Gasteiger partial charge in [-0.1, -0.05) is 35.9 Å². The van der Waals surface area contributed by atoms with Crippen LogP contribution in [0.1, 0.15) is 33.2 Å². The molecule has 4 rings (SSSR count). The van der Waals surface area contributed by atoms with Crippen LogP contribution in [-0.2, 0) is 0 Å². The van der Waals surface area contributed by atoms with Gasteiger partial charge < -0.3 is 15.2 Å². The zero-order chi connectivity index (χ0) is 20.4. The lowest BCUT2D eigenvalue weighted by Crippen LogP contribution is -2.29. The number of amides is 1. The summed E-state index contributed by atoms with van der Waals surface area (Å²) in [5.41, 5.74) is 5.77. The molecular formula is C24H24N4O. The summed E-state index contributed by atoms with van der Waals surface area (Å²) in [6.07, 6.45) is 3.49. The van der Waals surface area contributed by atoms with Gasteiger partial charge in [0.05, 0.1) is 6.04 Å². The number of aromatic amines is 1. The van der Waals surface area contributed by atoms with E-state index in [2.05, 4.69) is 46.5 Å². The number of H-pyrrole nitrogens is 1. The molecule has 2 heterocycles. The monoisotopic (exact) mass is 384 g/mol. The molecule has 5 heteroatoms. The van der Waals surface area contributed by atoms with Gasteiger partial charge >= 0.3 is 0 Å². The second-order valence-electron chi connectivity index (χ2n) is 7.45. The lowest BCUT2D eigenvalue weighted by molar-refractivity contribution is 0.0939. The minimum atomic E-state index is -0.255. The van der Waals surface area contributed by atoms with Crippen LogP contribution < -0.4 is 10.2 Å². The molecule has 0 bridgehead atoms. The Kier molecular flexibility index (Phi) is 5.04. The van der Waals surface area contributed by atoms with Gasteiger partial charge in [-0.05, 0) is 48.4 Å². The molecule has 0 fully saturated rings. The molecule has 0 aliphatic heterocycles. The van der Waals surface area contributed by atoms with Crippen LogP contribution in [0.5, 0.6) is 0 Å². The Morgan fingerprint density at radius 2 is 1.66 bits per heavy atom. The molecule has 1 unspecified atom stereocenters. The maximum Gasteiger partial charge on any atom is 0.268 e. The molecule has 1 amide bonds. The van der Waals surface area contributed by atoms with Crippen LogP contribution in [0.4, 0.5) is 5.69 Å². The van der Waals surface area contributed by atoms with E-state index < -0.39 is 0 Å². The number of rotatable bonds is 5. The standard InChI is InChI=1S/C24H24N4O/c1-16-4-6-17(7-5-16)23(18-10-12-25-13-11-18)27-24(29)22-14-19-8-9-20(28(2)3)15-21(19)26-22/h4-15,23,26H,1-3H3,(H,27,29). The van der Waals surface area contributed by atoms with Gasteiger partial charge in [0, 0.05) is 43.1 Å². The number of benzene rings is 2. The average molecular weight is 384 g/mol. The Balaban J connectivity index is 1.66. The Morgan fingerprint density at radius 1 is 0.966 bits per heavy atom. The fourth-order valence-corrected chi connectivity index (χ4v) is 3.40. The largest absolute Gasteiger partial charge is 0.378 e. The number of hydrogen-bond acceptors (Lipinski definition) is 3. The fourth-order valence-electron chi connectivity index (χ4n) is 3.40. The van der Waals surface area contributed by atoms with Crippen molar-refractivity contribution in [3.8, 4) is 0 Å². The summed E-state index contributed by atoms with van der Waals surface area (Å²) < 4.78 is 0. The summed E-state index contributed by atoms with van der Waals surface area (Å²) in [6.45, 7) is 2.05. The van der Waals surface area contributed by atoms with Crippen molar-refractivity contribution in [3.05, 3.63) is 95.4 Å². The molecule has 0 aliphatic carbocycles. The quantitative estimate of drug-likeness (QED) is 0.534. The van der Waals surface area contributed by atoms with Gasteiger partial charge in [-0.2, -0.15) is 0 Å². The summed E-state index contributed by atoms with van der Waals surface area (Å²) in [5.74, 6) is -0.144. The fraction of sp³-hybridized carbons (Fsp3) is 0.167. The Hall–Kier alpha value is -3.60. The second kappa shape index (κ2) is 7.80. The van der Waals surface area contributed by atoms with Gasteiger partial charge in [0.15, 0.2) is 0 Å². The highest BCUT2D eigenvalue weighted by Gasteiger charge is 2.19. The molecule has 0 aliphatic rings. The Labute approximate surface area is 170 Å². The molecule has 0 saturated carbocycles. The maximum absolute atomic E-state index is 13.1. The lowest BCUT2D eigenvalue weighted by atomic mass is 9.98. The minimum absolute atomic E-state index is 0.144. The summed E-state index contributed by atoms with van der Waals surface area (Å²) >= 11 is 0. The molecule has 0 radical (unpaired) electrons. The number of nitrogens with zero attached hydrogens (tertiary/aromatic N) is 2. The topological polar surface area (TPSA) is 61.0 Å². The van der Waals surface area contributed by atoms with Crippen molar-refractivity contribution < 1.29 is 4.79 Å². The van der Waals surface area contributed by atoms with Gasteiger partial charge in [0.25, 0.3) is 5.91 Å². The molecule has 4 aromatic rings. The van der Waals surface area contributed by atoms with E-state index in [0.29, 0.717) is 5.69 Å². The number of hydrogen-bond donors (Lipinski definition) is 2. The second-order valence-corrected chi connectivity index (χ2v) is 7.45. The Bertz CT molecular complexity index is 1130. The van der Waals surface area contributed by atoms with Crippen LogP contribution in [0, 0.1) is 6.92 Å². The maximum atomic E-state index is 13.1. The lowest BCUT2D eigenvalue weighted by Gasteiger charge is -2.19. The van der Waals surface area contributed by atoms with Crippen molar-refractivity contribution in [2.75, 3.05) is 19.0 Å². The summed E-state index contributed by atoms with van der Waals surface area (Å²) in [7, 11) is 4.00. The summed E-state index contributed by atoms with van der Waals surface area (Å²) in [5, 5.41) is 4.19. The van der Waals surface area contributed by atoms with Crippen molar-refractivity contribution in [1.29, 1.82) is 0 Å². The van der Waals surface area contributed by atoms with Crippen molar-refractivity contribution in [2.45, 2.75) is 13.0 Å². The van der Waals surface area contributed by atoms with Crippen molar-refractivity contribution >= 4 is 22.5 Å². The van der Waals surface area contributed by atoms with E-state index >= 15 is 0 Å². The predicted molar refractivity (Wildman–Crippen MR) is 117 cm³/mol. The third-order valence-corrected chi connectivity index (χ3v) is 5.09. The van der Waals surface area contributed by atoms with E-state index in [1.807, 2.05) is 55.4 Å². The first kappa shape index (κ1) is 18.7. The molecule has 0 spiro atoms. The highest BCUT2D eigenvalue weighted by atomic mass is 16.1. The first-order valence-corrected chi connectivity index (χ1v) is 9.59. The van der Waals surface area contributed by atoms with Gasteiger partial charge in [-0.3, -0.25) is 9.78 Å². The van der Waals surface area contributed by atoms with E-state index in [4.69, 9.17) is 0 Å². The first-order chi connectivity index (χ1) is 14.0. The van der Waals surface area contributed by atoms with E-state index in [9.17, 15) is 4.79 Å². The summed E-state index contributed by atoms with van der Waals surface area (Å²) in [4.78, 5) is 22.5. The number of carbonyl (C=O) groups is 1. The molecule has 5 nitrogen and oxygen atoms in total. The predicted octanol–water partition coefficient (Wildman–Crippen LogP) is 4.46. The molecule has 146 valence electrons. The number of pyridine rings is 1. The molecule has 2 aromatic heterocycles. The van der Waals surface area contributed by atoms with Crippen LogP contribution >= 0.6 is 0 Å². The zero-order valence-electron chi connectivity index (χ0n) is 16.8. The highest BCUT2D eigenvalue weighted by molar-refractivity contribution is 5.99. The van der Waals surface area contributed by atoms with Gasteiger partial charge in [0.2, 0.25) is 0 Å². The van der Waals surface area contributed by atoms with E-state index in [-0.39, 0.29) is 11.9 Å². The molecule has 29 heavy (non-hydrogen) atoms. The van der Waals surface area contributed by atoms with Crippen LogP contribution in [0.15, 0.2) is 73.1 Å². The van der Waals surface area contributed by atoms with Crippen molar-refractivity contribution in [2.24, 2.45) is 0 Å². The number of fused-ring (bicyclic) bond motifs is 1. The number of nitrogens with one attached hydrogen (secondary N) is 2. The average Bonchev–Trinajstić information content (AvgIpc) is 3.17. The van der Waals surface area contributed by atoms with Gasteiger partial charge in [-0.15, -0.1) is 0 Å². The van der Waals surface area contributed by atoms with E-state index in [1.54, 1.807) is 12.4 Å². The molecule has 2 aromatic carbocycles. The molecular weight excluding hydrogens is 360 g/mol. The molecule has 1 atom stereocenters. The van der Waals surface area contributed by atoms with Crippen LogP contribution in [0.2, 0.25) is 0 Å². The highest BCUT2D eigenvalue weighted by Crippen LogP contribution is 2.25. The van der Waals surface area contributed by atoms with Crippen molar-refractivity contribution in [3.63, 3.8) is 0 Å². The minimum Gasteiger partial charge on any atom is -0.378 e. The summed E-state index contributed by atoms with van der Waals surface area (Å²) in [6, 6.07) is 19.8. The van der Waals surface area contributed by atoms with Crippen LogP contribution in [-0.4, -0.2) is 30.0 Å². The van der Waals surface area contributed by atoms with E-state index in [0.717, 1.165) is 27.7 Å². The number of carbonyl (C=O) groups excluding carboxylic acids is 1. The number of aryl methyl sites for hydroxylation is 1. The normalized spacial score (nSPS) is 12.0. The van der Waals surface area contributed by atoms with Crippen LogP contribution in [0.25, 0.3) is 10.9 Å². The Morgan fingerprint density at radius 3 is 2.34 bits per heavy atom. The molecule has 0 saturated heterocycles. The van der Waals surface area contributed by atoms with Gasteiger partial charge in [0.1, 0.15) is 5.69 Å². The third kappa shape index (κ3) is 3.99. The third-order valence-electron chi connectivity index (χ3n) is 5.09. The SMILES string of the molecule is Cc1ccc(C(NC(=O)c2cc3ccc(N(C)C)cc3[nH]2)c2ccncc2)cc1. The number of aromatic nitrogens is 2. The number of anilines is 1. The van der Waals surface area contributed by atoms with E-state index in [1.165, 1.54) is 5.56 Å². The smallest absolute Gasteiger partial charge is 0.268 e.